The van der Waals surface area contributed by atoms with Gasteiger partial charge in [-0.05, 0) is 49.3 Å². The maximum absolute atomic E-state index is 12.9. The molecule has 2 aromatic rings. The summed E-state index contributed by atoms with van der Waals surface area (Å²) in [5.41, 5.74) is 0.848. The number of carbonyl (C=O) groups is 1. The molecular formula is C23H30F3N3O2. The van der Waals surface area contributed by atoms with Crippen molar-refractivity contribution in [2.24, 2.45) is 5.92 Å². The Labute approximate surface area is 181 Å². The summed E-state index contributed by atoms with van der Waals surface area (Å²) in [7, 11) is 1.77. The van der Waals surface area contributed by atoms with Gasteiger partial charge in [-0.1, -0.05) is 37.2 Å². The first-order valence-electron chi connectivity index (χ1n) is 10.7. The number of rotatable bonds is 7. The Kier molecular flexibility index (Phi) is 7.41. The Morgan fingerprint density at radius 1 is 1.32 bits per heavy atom. The normalized spacial score (nSPS) is 17.8. The summed E-state index contributed by atoms with van der Waals surface area (Å²) < 4.78 is 43.9. The van der Waals surface area contributed by atoms with Crippen molar-refractivity contribution in [2.75, 3.05) is 33.2 Å². The molecule has 1 aliphatic rings. The second-order valence-electron chi connectivity index (χ2n) is 8.71. The lowest BCUT2D eigenvalue weighted by atomic mass is 9.97. The molecule has 8 heteroatoms. The number of amides is 1. The van der Waals surface area contributed by atoms with Gasteiger partial charge in [-0.25, -0.2) is 0 Å². The number of halogens is 3. The molecule has 31 heavy (non-hydrogen) atoms. The molecule has 5 nitrogen and oxygen atoms in total. The molecule has 1 saturated heterocycles. The third kappa shape index (κ3) is 6.32. The van der Waals surface area contributed by atoms with Gasteiger partial charge in [0, 0.05) is 32.7 Å². The van der Waals surface area contributed by atoms with E-state index < -0.39 is 11.7 Å². The molecule has 1 amide bonds. The second-order valence-corrected chi connectivity index (χ2v) is 8.71. The van der Waals surface area contributed by atoms with Gasteiger partial charge in [0.25, 0.3) is 5.91 Å². The van der Waals surface area contributed by atoms with Gasteiger partial charge in [0.2, 0.25) is 5.76 Å². The third-order valence-electron chi connectivity index (χ3n) is 5.78. The van der Waals surface area contributed by atoms with E-state index >= 15 is 0 Å². The van der Waals surface area contributed by atoms with Gasteiger partial charge >= 0.3 is 6.18 Å². The highest BCUT2D eigenvalue weighted by Crippen LogP contribution is 2.29. The van der Waals surface area contributed by atoms with Crippen molar-refractivity contribution in [3.8, 4) is 0 Å². The van der Waals surface area contributed by atoms with Crippen LogP contribution in [-0.2, 0) is 12.6 Å². The summed E-state index contributed by atoms with van der Waals surface area (Å²) in [4.78, 5) is 16.6. The summed E-state index contributed by atoms with van der Waals surface area (Å²) in [6.45, 7) is 7.04. The number of likely N-dealkylation sites (tertiary alicyclic amines) is 1. The summed E-state index contributed by atoms with van der Waals surface area (Å²) in [6, 6.07) is 7.24. The summed E-state index contributed by atoms with van der Waals surface area (Å²) >= 11 is 0. The third-order valence-corrected chi connectivity index (χ3v) is 5.78. The number of hydrogen-bond acceptors (Lipinski definition) is 4. The molecule has 0 radical (unpaired) electrons. The van der Waals surface area contributed by atoms with Crippen LogP contribution >= 0.6 is 0 Å². The molecular weight excluding hydrogens is 407 g/mol. The second kappa shape index (κ2) is 9.85. The van der Waals surface area contributed by atoms with Crippen molar-refractivity contribution in [1.29, 1.82) is 0 Å². The van der Waals surface area contributed by atoms with Gasteiger partial charge in [-0.3, -0.25) is 4.79 Å². The maximum Gasteiger partial charge on any atom is 0.416 e. The highest BCUT2D eigenvalue weighted by molar-refractivity contribution is 5.91. The van der Waals surface area contributed by atoms with Crippen LogP contribution in [0.15, 0.2) is 34.9 Å². The molecule has 1 aromatic heterocycles. The zero-order valence-corrected chi connectivity index (χ0v) is 18.3. The van der Waals surface area contributed by atoms with Gasteiger partial charge in [-0.15, -0.1) is 0 Å². The first-order valence-corrected chi connectivity index (χ1v) is 10.7. The molecule has 0 unspecified atom stereocenters. The van der Waals surface area contributed by atoms with Crippen LogP contribution in [0.25, 0.3) is 0 Å². The van der Waals surface area contributed by atoms with E-state index in [4.69, 9.17) is 4.52 Å². The zero-order chi connectivity index (χ0) is 22.6. The van der Waals surface area contributed by atoms with Crippen LogP contribution < -0.4 is 0 Å². The zero-order valence-electron chi connectivity index (χ0n) is 18.3. The highest BCUT2D eigenvalue weighted by atomic mass is 19.4. The number of piperidine rings is 1. The van der Waals surface area contributed by atoms with Crippen molar-refractivity contribution >= 4 is 5.91 Å². The van der Waals surface area contributed by atoms with Gasteiger partial charge < -0.3 is 14.3 Å². The van der Waals surface area contributed by atoms with Crippen molar-refractivity contribution in [3.63, 3.8) is 0 Å². The van der Waals surface area contributed by atoms with Crippen LogP contribution in [0.4, 0.5) is 13.2 Å². The van der Waals surface area contributed by atoms with E-state index in [0.717, 1.165) is 37.7 Å². The number of carbonyl (C=O) groups excluding carboxylic acids is 1. The lowest BCUT2D eigenvalue weighted by molar-refractivity contribution is -0.137. The number of alkyl halides is 3. The van der Waals surface area contributed by atoms with Gasteiger partial charge in [0.05, 0.1) is 11.3 Å². The van der Waals surface area contributed by atoms with Gasteiger partial charge in [0.1, 0.15) is 0 Å². The average Bonchev–Trinajstić information content (AvgIpc) is 3.22. The van der Waals surface area contributed by atoms with E-state index in [1.165, 1.54) is 12.1 Å². The Morgan fingerprint density at radius 2 is 2.10 bits per heavy atom. The molecule has 0 N–H and O–H groups in total. The molecule has 1 aliphatic heterocycles. The summed E-state index contributed by atoms with van der Waals surface area (Å²) in [5, 5.41) is 3.95. The van der Waals surface area contributed by atoms with Crippen LogP contribution in [0.5, 0.6) is 0 Å². The van der Waals surface area contributed by atoms with E-state index in [1.54, 1.807) is 24.1 Å². The predicted octanol–water partition coefficient (Wildman–Crippen LogP) is 4.84. The lowest BCUT2D eigenvalue weighted by Crippen LogP contribution is -2.42. The summed E-state index contributed by atoms with van der Waals surface area (Å²) in [5.74, 6) is 0.583. The minimum absolute atomic E-state index is 0.180. The quantitative estimate of drug-likeness (QED) is 0.622. The minimum atomic E-state index is -4.32. The standard InChI is InChI=1S/C23H30F3N3O2/c1-16(2)20-13-21(31-27-20)22(30)28(3)14-18-7-5-10-29(15-18)11-9-17-6-4-8-19(12-17)23(24,25)26/h4,6,8,12-13,16,18H,5,7,9-11,14-15H2,1-3H3/t18-/m0/s1. The van der Waals surface area contributed by atoms with E-state index in [-0.39, 0.29) is 17.6 Å². The van der Waals surface area contributed by atoms with E-state index in [1.807, 2.05) is 13.8 Å². The Hall–Kier alpha value is -2.35. The Morgan fingerprint density at radius 3 is 2.77 bits per heavy atom. The van der Waals surface area contributed by atoms with E-state index in [2.05, 4.69) is 10.1 Å². The monoisotopic (exact) mass is 437 g/mol. The molecule has 0 aliphatic carbocycles. The molecule has 0 saturated carbocycles. The molecule has 3 rings (SSSR count). The predicted molar refractivity (Wildman–Crippen MR) is 112 cm³/mol. The van der Waals surface area contributed by atoms with Gasteiger partial charge in [0.15, 0.2) is 0 Å². The average molecular weight is 438 g/mol. The largest absolute Gasteiger partial charge is 0.416 e. The van der Waals surface area contributed by atoms with Crippen LogP contribution in [0, 0.1) is 5.92 Å². The van der Waals surface area contributed by atoms with Gasteiger partial charge in [-0.2, -0.15) is 13.2 Å². The first-order chi connectivity index (χ1) is 14.6. The fourth-order valence-corrected chi connectivity index (χ4v) is 4.01. The van der Waals surface area contributed by atoms with Crippen molar-refractivity contribution in [1.82, 2.24) is 15.0 Å². The molecule has 0 spiro atoms. The molecule has 2 heterocycles. The highest BCUT2D eigenvalue weighted by Gasteiger charge is 2.30. The topological polar surface area (TPSA) is 49.6 Å². The van der Waals surface area contributed by atoms with Crippen LogP contribution in [-0.4, -0.2) is 54.1 Å². The van der Waals surface area contributed by atoms with Crippen LogP contribution in [0.3, 0.4) is 0 Å². The smallest absolute Gasteiger partial charge is 0.351 e. The minimum Gasteiger partial charge on any atom is -0.351 e. The Balaban J connectivity index is 1.51. The molecule has 0 bridgehead atoms. The van der Waals surface area contributed by atoms with Crippen LogP contribution in [0.2, 0.25) is 0 Å². The fraction of sp³-hybridized carbons (Fsp3) is 0.565. The van der Waals surface area contributed by atoms with E-state index in [0.29, 0.717) is 31.0 Å². The molecule has 1 aromatic carbocycles. The number of nitrogens with zero attached hydrogens (tertiary/aromatic N) is 3. The molecule has 170 valence electrons. The first kappa shape index (κ1) is 23.3. The number of aromatic nitrogens is 1. The number of benzene rings is 1. The molecule has 1 fully saturated rings. The van der Waals surface area contributed by atoms with Crippen molar-refractivity contribution in [3.05, 3.63) is 52.9 Å². The summed E-state index contributed by atoms with van der Waals surface area (Å²) in [6.07, 6.45) is -1.72. The van der Waals surface area contributed by atoms with Crippen molar-refractivity contribution < 1.29 is 22.5 Å². The molecule has 1 atom stereocenters. The van der Waals surface area contributed by atoms with Crippen LogP contribution in [0.1, 0.15) is 60.0 Å². The Bertz CT molecular complexity index is 879. The lowest BCUT2D eigenvalue weighted by Gasteiger charge is -2.34. The fourth-order valence-electron chi connectivity index (χ4n) is 4.01. The van der Waals surface area contributed by atoms with Crippen molar-refractivity contribution in [2.45, 2.75) is 45.2 Å². The number of hydrogen-bond donors (Lipinski definition) is 0. The maximum atomic E-state index is 12.9. The SMILES string of the molecule is CC(C)c1cc(C(=O)N(C)C[C@@H]2CCCN(CCc3cccc(C(F)(F)F)c3)C2)on1. The van der Waals surface area contributed by atoms with E-state index in [9.17, 15) is 18.0 Å².